The Morgan fingerprint density at radius 2 is 2.28 bits per heavy atom. The van der Waals surface area contributed by atoms with Crippen LogP contribution in [0.3, 0.4) is 0 Å². The molecule has 2 aromatic rings. The van der Waals surface area contributed by atoms with Crippen molar-refractivity contribution in [2.75, 3.05) is 0 Å². The van der Waals surface area contributed by atoms with Crippen molar-refractivity contribution in [3.63, 3.8) is 0 Å². The van der Waals surface area contributed by atoms with Crippen LogP contribution in [-0.2, 0) is 6.54 Å². The number of aryl methyl sites for hydroxylation is 1. The van der Waals surface area contributed by atoms with Crippen LogP contribution < -0.4 is 5.73 Å². The van der Waals surface area contributed by atoms with Crippen LogP contribution in [0.1, 0.15) is 30.6 Å². The molecule has 0 spiro atoms. The van der Waals surface area contributed by atoms with Gasteiger partial charge in [-0.1, -0.05) is 30.7 Å². The fraction of sp³-hybridized carbons (Fsp3) is 0.308. The van der Waals surface area contributed by atoms with E-state index in [2.05, 4.69) is 5.10 Å². The number of benzene rings is 1. The van der Waals surface area contributed by atoms with Crippen molar-refractivity contribution in [2.24, 2.45) is 5.73 Å². The molecule has 0 aliphatic carbocycles. The summed E-state index contributed by atoms with van der Waals surface area (Å²) in [4.78, 5) is 0. The molecule has 0 bridgehead atoms. The second kappa shape index (κ2) is 5.50. The molecule has 1 aromatic carbocycles. The molecular formula is C13H15ClFN3. The summed E-state index contributed by atoms with van der Waals surface area (Å²) in [6.45, 7) is 2.79. The maximum atomic E-state index is 13.2. The number of nitrogens with zero attached hydrogens (tertiary/aromatic N) is 2. The highest BCUT2D eigenvalue weighted by Crippen LogP contribution is 2.26. The van der Waals surface area contributed by atoms with E-state index in [0.717, 1.165) is 18.7 Å². The highest BCUT2D eigenvalue weighted by atomic mass is 35.5. The first-order valence-electron chi connectivity index (χ1n) is 5.85. The van der Waals surface area contributed by atoms with Gasteiger partial charge in [0.25, 0.3) is 0 Å². The lowest BCUT2D eigenvalue weighted by Gasteiger charge is -2.15. The third-order valence-corrected chi connectivity index (χ3v) is 3.06. The zero-order valence-corrected chi connectivity index (χ0v) is 10.9. The molecule has 2 rings (SSSR count). The molecule has 18 heavy (non-hydrogen) atoms. The molecule has 1 heterocycles. The molecule has 0 amide bonds. The molecule has 0 radical (unpaired) electrons. The Kier molecular flexibility index (Phi) is 3.99. The summed E-state index contributed by atoms with van der Waals surface area (Å²) in [6.07, 6.45) is 2.51. The lowest BCUT2D eigenvalue weighted by molar-refractivity contribution is 0.558. The molecule has 1 aromatic heterocycles. The minimum absolute atomic E-state index is 0.305. The van der Waals surface area contributed by atoms with Gasteiger partial charge in [-0.25, -0.2) is 4.39 Å². The summed E-state index contributed by atoms with van der Waals surface area (Å²) in [7, 11) is 0. The van der Waals surface area contributed by atoms with Gasteiger partial charge in [-0.3, -0.25) is 4.68 Å². The van der Waals surface area contributed by atoms with Crippen molar-refractivity contribution in [3.05, 3.63) is 52.6 Å². The van der Waals surface area contributed by atoms with Crippen molar-refractivity contribution >= 4 is 11.6 Å². The monoisotopic (exact) mass is 267 g/mol. The molecule has 0 saturated heterocycles. The molecule has 0 fully saturated rings. The van der Waals surface area contributed by atoms with Crippen LogP contribution in [0.4, 0.5) is 4.39 Å². The number of hydrogen-bond donors (Lipinski definition) is 1. The smallest absolute Gasteiger partial charge is 0.123 e. The minimum Gasteiger partial charge on any atom is -0.319 e. The summed E-state index contributed by atoms with van der Waals surface area (Å²) in [5.74, 6) is -0.305. The maximum absolute atomic E-state index is 13.2. The van der Waals surface area contributed by atoms with E-state index in [1.165, 1.54) is 12.1 Å². The third-order valence-electron chi connectivity index (χ3n) is 2.77. The SMILES string of the molecule is CCCn1ncc(Cl)c1C(N)c1cccc(F)c1. The van der Waals surface area contributed by atoms with Crippen molar-refractivity contribution in [1.82, 2.24) is 9.78 Å². The van der Waals surface area contributed by atoms with Gasteiger partial charge >= 0.3 is 0 Å². The highest BCUT2D eigenvalue weighted by Gasteiger charge is 2.18. The number of nitrogens with two attached hydrogens (primary N) is 1. The minimum atomic E-state index is -0.470. The molecular weight excluding hydrogens is 253 g/mol. The summed E-state index contributed by atoms with van der Waals surface area (Å²) in [5, 5.41) is 4.70. The van der Waals surface area contributed by atoms with Crippen LogP contribution in [0.2, 0.25) is 5.02 Å². The normalized spacial score (nSPS) is 12.7. The fourth-order valence-electron chi connectivity index (χ4n) is 1.93. The Bertz CT molecular complexity index is 539. The average Bonchev–Trinajstić information content (AvgIpc) is 2.70. The molecule has 0 aliphatic heterocycles. The largest absolute Gasteiger partial charge is 0.319 e. The standard InChI is InChI=1S/C13H15ClFN3/c1-2-6-18-13(11(14)8-17-18)12(16)9-4-3-5-10(15)7-9/h3-5,7-8,12H,2,6,16H2,1H3. The molecule has 1 unspecified atom stereocenters. The van der Waals surface area contributed by atoms with Crippen LogP contribution in [0, 0.1) is 5.82 Å². The van der Waals surface area contributed by atoms with Crippen LogP contribution in [0.5, 0.6) is 0 Å². The zero-order valence-electron chi connectivity index (χ0n) is 10.1. The Morgan fingerprint density at radius 3 is 2.94 bits per heavy atom. The Hall–Kier alpha value is -1.39. The second-order valence-corrected chi connectivity index (χ2v) is 4.54. The molecule has 96 valence electrons. The van der Waals surface area contributed by atoms with Crippen molar-refractivity contribution < 1.29 is 4.39 Å². The zero-order chi connectivity index (χ0) is 13.1. The highest BCUT2D eigenvalue weighted by molar-refractivity contribution is 6.31. The summed E-state index contributed by atoms with van der Waals surface area (Å²) < 4.78 is 15.0. The van der Waals surface area contributed by atoms with E-state index in [1.54, 1.807) is 23.0 Å². The van der Waals surface area contributed by atoms with Gasteiger partial charge in [0, 0.05) is 6.54 Å². The van der Waals surface area contributed by atoms with Gasteiger partial charge in [0.05, 0.1) is 23.0 Å². The Labute approximate surface area is 110 Å². The lowest BCUT2D eigenvalue weighted by Crippen LogP contribution is -2.18. The van der Waals surface area contributed by atoms with Crippen LogP contribution >= 0.6 is 11.6 Å². The quantitative estimate of drug-likeness (QED) is 0.925. The summed E-state index contributed by atoms with van der Waals surface area (Å²) in [5.41, 5.74) is 7.57. The number of aromatic nitrogens is 2. The first-order valence-corrected chi connectivity index (χ1v) is 6.23. The van der Waals surface area contributed by atoms with E-state index in [-0.39, 0.29) is 5.82 Å². The Balaban J connectivity index is 2.39. The van der Waals surface area contributed by atoms with Crippen LogP contribution in [0.15, 0.2) is 30.5 Å². The lowest BCUT2D eigenvalue weighted by atomic mass is 10.0. The van der Waals surface area contributed by atoms with E-state index in [9.17, 15) is 4.39 Å². The predicted molar refractivity (Wildman–Crippen MR) is 70.0 cm³/mol. The van der Waals surface area contributed by atoms with Crippen molar-refractivity contribution in [1.29, 1.82) is 0 Å². The van der Waals surface area contributed by atoms with Crippen molar-refractivity contribution in [2.45, 2.75) is 25.9 Å². The van der Waals surface area contributed by atoms with Gasteiger partial charge in [0.1, 0.15) is 5.82 Å². The molecule has 0 saturated carbocycles. The van der Waals surface area contributed by atoms with E-state index < -0.39 is 6.04 Å². The first-order chi connectivity index (χ1) is 8.63. The van der Waals surface area contributed by atoms with E-state index in [1.807, 2.05) is 6.92 Å². The van der Waals surface area contributed by atoms with Crippen molar-refractivity contribution in [3.8, 4) is 0 Å². The van der Waals surface area contributed by atoms with E-state index >= 15 is 0 Å². The molecule has 0 aliphatic rings. The first kappa shape index (κ1) is 13.1. The van der Waals surface area contributed by atoms with E-state index in [0.29, 0.717) is 10.6 Å². The molecule has 1 atom stereocenters. The topological polar surface area (TPSA) is 43.8 Å². The van der Waals surface area contributed by atoms with Gasteiger partial charge in [0.2, 0.25) is 0 Å². The third kappa shape index (κ3) is 2.54. The average molecular weight is 268 g/mol. The van der Waals surface area contributed by atoms with Crippen LogP contribution in [-0.4, -0.2) is 9.78 Å². The van der Waals surface area contributed by atoms with Gasteiger partial charge in [-0.05, 0) is 24.1 Å². The van der Waals surface area contributed by atoms with E-state index in [4.69, 9.17) is 17.3 Å². The van der Waals surface area contributed by atoms with Gasteiger partial charge in [0.15, 0.2) is 0 Å². The second-order valence-electron chi connectivity index (χ2n) is 4.13. The Morgan fingerprint density at radius 1 is 1.50 bits per heavy atom. The number of hydrogen-bond acceptors (Lipinski definition) is 2. The van der Waals surface area contributed by atoms with Gasteiger partial charge in [-0.15, -0.1) is 0 Å². The predicted octanol–water partition coefficient (Wildman–Crippen LogP) is 3.13. The maximum Gasteiger partial charge on any atom is 0.123 e. The van der Waals surface area contributed by atoms with Crippen LogP contribution in [0.25, 0.3) is 0 Å². The van der Waals surface area contributed by atoms with Gasteiger partial charge < -0.3 is 5.73 Å². The summed E-state index contributed by atoms with van der Waals surface area (Å²) in [6, 6.07) is 5.76. The fourth-order valence-corrected chi connectivity index (χ4v) is 2.19. The molecule has 5 heteroatoms. The number of rotatable bonds is 4. The number of halogens is 2. The molecule has 2 N–H and O–H groups in total. The van der Waals surface area contributed by atoms with Gasteiger partial charge in [-0.2, -0.15) is 5.10 Å². The summed E-state index contributed by atoms with van der Waals surface area (Å²) >= 11 is 6.11. The molecule has 3 nitrogen and oxygen atoms in total.